The van der Waals surface area contributed by atoms with Gasteiger partial charge in [-0.1, -0.05) is 0 Å². The predicted molar refractivity (Wildman–Crippen MR) is 45.3 cm³/mol. The van der Waals surface area contributed by atoms with Gasteiger partial charge in [-0.15, -0.1) is 0 Å². The van der Waals surface area contributed by atoms with Crippen LogP contribution >= 0.6 is 0 Å². The fraction of sp³-hybridized carbons (Fsp3) is 0. The molecule has 0 aromatic carbocycles. The molecule has 0 N–H and O–H groups in total. The van der Waals surface area contributed by atoms with Crippen molar-refractivity contribution < 1.29 is 4.42 Å². The van der Waals surface area contributed by atoms with Crippen molar-refractivity contribution in [2.75, 3.05) is 0 Å². The molecule has 58 valence electrons. The first-order valence-electron chi connectivity index (χ1n) is 3.62. The van der Waals surface area contributed by atoms with Crippen molar-refractivity contribution in [3.63, 3.8) is 0 Å². The average molecular weight is 157 g/mol. The lowest BCUT2D eigenvalue weighted by molar-refractivity contribution is 0.582. The predicted octanol–water partition coefficient (Wildman–Crippen LogP) is 2.40. The maximum absolute atomic E-state index is 5.64. The van der Waals surface area contributed by atoms with Gasteiger partial charge in [0.05, 0.1) is 12.0 Å². The minimum Gasteiger partial charge on any atom is -0.464 e. The van der Waals surface area contributed by atoms with E-state index in [9.17, 15) is 0 Å². The molecule has 0 saturated heterocycles. The number of aromatic nitrogens is 1. The monoisotopic (exact) mass is 157 g/mol. The third kappa shape index (κ3) is 1.11. The Hall–Kier alpha value is -1.57. The van der Waals surface area contributed by atoms with Crippen molar-refractivity contribution in [2.24, 2.45) is 0 Å². The average Bonchev–Trinajstić information content (AvgIpc) is 2.57. The minimum atomic E-state index is 0.493. The van der Waals surface area contributed by atoms with Gasteiger partial charge >= 0.3 is 0 Å². The molecule has 2 heterocycles. The summed E-state index contributed by atoms with van der Waals surface area (Å²) in [5, 5.41) is 0. The van der Waals surface area contributed by atoms with Crippen LogP contribution in [0.5, 0.6) is 0 Å². The lowest BCUT2D eigenvalue weighted by Crippen LogP contribution is -1.83. The summed E-state index contributed by atoms with van der Waals surface area (Å²) in [5.74, 6) is 0.751. The van der Waals surface area contributed by atoms with Crippen LogP contribution < -0.4 is 0 Å². The normalized spacial score (nSPS) is 10.1. The first-order valence-corrected chi connectivity index (χ1v) is 3.62. The summed E-state index contributed by atoms with van der Waals surface area (Å²) in [6.45, 7) is 5.64. The minimum absolute atomic E-state index is 0.493. The van der Waals surface area contributed by atoms with E-state index in [1.165, 1.54) is 0 Å². The highest BCUT2D eigenvalue weighted by molar-refractivity contribution is 5.60. The van der Waals surface area contributed by atoms with E-state index in [1.54, 1.807) is 12.5 Å². The van der Waals surface area contributed by atoms with E-state index in [2.05, 4.69) is 4.98 Å². The van der Waals surface area contributed by atoms with E-state index in [0.29, 0.717) is 5.69 Å². The van der Waals surface area contributed by atoms with Crippen LogP contribution in [0.25, 0.3) is 11.3 Å². The van der Waals surface area contributed by atoms with Gasteiger partial charge in [0, 0.05) is 18.7 Å². The van der Waals surface area contributed by atoms with Crippen LogP contribution in [0.4, 0.5) is 0 Å². The van der Waals surface area contributed by atoms with Crippen LogP contribution in [0.15, 0.2) is 41.1 Å². The molecule has 2 nitrogen and oxygen atoms in total. The standard InChI is InChI=1S/C10H7NO/c1-8-9(4-2-6-11-8)10-5-3-7-12-10/h1-7H. The number of pyridine rings is 1. The third-order valence-electron chi connectivity index (χ3n) is 1.63. The Morgan fingerprint density at radius 2 is 2.17 bits per heavy atom. The number of nitrogens with zero attached hydrogens (tertiary/aromatic N) is 1. The molecule has 2 aromatic rings. The first-order chi connectivity index (χ1) is 5.88. The number of rotatable bonds is 1. The Kier molecular flexibility index (Phi) is 1.67. The van der Waals surface area contributed by atoms with Gasteiger partial charge in [0.2, 0.25) is 0 Å². The van der Waals surface area contributed by atoms with Crippen LogP contribution in [-0.2, 0) is 0 Å². The topological polar surface area (TPSA) is 26.0 Å². The Morgan fingerprint density at radius 1 is 1.25 bits per heavy atom. The van der Waals surface area contributed by atoms with Gasteiger partial charge in [-0.25, -0.2) is 0 Å². The zero-order valence-electron chi connectivity index (χ0n) is 6.40. The summed E-state index contributed by atoms with van der Waals surface area (Å²) in [4.78, 5) is 3.95. The van der Waals surface area contributed by atoms with Gasteiger partial charge in [-0.3, -0.25) is 4.98 Å². The molecule has 0 aliphatic rings. The molecule has 0 spiro atoms. The third-order valence-corrected chi connectivity index (χ3v) is 1.63. The SMILES string of the molecule is [CH]c1ncccc1-c1ccco1. The van der Waals surface area contributed by atoms with Crippen LogP contribution in [-0.4, -0.2) is 4.98 Å². The van der Waals surface area contributed by atoms with E-state index >= 15 is 0 Å². The van der Waals surface area contributed by atoms with Crippen LogP contribution in [0, 0.1) is 6.92 Å². The van der Waals surface area contributed by atoms with Crippen LogP contribution in [0.1, 0.15) is 5.69 Å². The highest BCUT2D eigenvalue weighted by atomic mass is 16.3. The smallest absolute Gasteiger partial charge is 0.135 e. The fourth-order valence-corrected chi connectivity index (χ4v) is 1.06. The summed E-state index contributed by atoms with van der Waals surface area (Å²) in [6, 6.07) is 7.38. The lowest BCUT2D eigenvalue weighted by atomic mass is 10.1. The maximum Gasteiger partial charge on any atom is 0.135 e. The Bertz CT molecular complexity index is 365. The van der Waals surface area contributed by atoms with Crippen molar-refractivity contribution in [3.8, 4) is 11.3 Å². The van der Waals surface area contributed by atoms with Crippen molar-refractivity contribution >= 4 is 0 Å². The molecule has 2 heteroatoms. The Balaban J connectivity index is 2.55. The van der Waals surface area contributed by atoms with Crippen LogP contribution in [0.3, 0.4) is 0 Å². The highest BCUT2D eigenvalue weighted by Gasteiger charge is 2.02. The molecule has 0 bridgehead atoms. The fourth-order valence-electron chi connectivity index (χ4n) is 1.06. The first kappa shape index (κ1) is 7.10. The molecule has 0 amide bonds. The van der Waals surface area contributed by atoms with E-state index in [-0.39, 0.29) is 0 Å². The Morgan fingerprint density at radius 3 is 2.83 bits per heavy atom. The molecule has 2 rings (SSSR count). The zero-order valence-corrected chi connectivity index (χ0v) is 6.40. The summed E-state index contributed by atoms with van der Waals surface area (Å²) in [7, 11) is 0. The van der Waals surface area contributed by atoms with Crippen molar-refractivity contribution in [1.29, 1.82) is 0 Å². The molecule has 0 fully saturated rings. The van der Waals surface area contributed by atoms with E-state index < -0.39 is 0 Å². The van der Waals surface area contributed by atoms with Crippen molar-refractivity contribution in [3.05, 3.63) is 49.3 Å². The van der Waals surface area contributed by atoms with Crippen molar-refractivity contribution in [2.45, 2.75) is 0 Å². The van der Waals surface area contributed by atoms with Gasteiger partial charge in [0.1, 0.15) is 5.76 Å². The van der Waals surface area contributed by atoms with Crippen molar-refractivity contribution in [1.82, 2.24) is 4.98 Å². The molecule has 0 saturated carbocycles. The van der Waals surface area contributed by atoms with E-state index in [4.69, 9.17) is 11.3 Å². The molecule has 0 unspecified atom stereocenters. The van der Waals surface area contributed by atoms with E-state index in [1.807, 2.05) is 24.3 Å². The maximum atomic E-state index is 5.64. The van der Waals surface area contributed by atoms with Gasteiger partial charge in [-0.2, -0.15) is 0 Å². The highest BCUT2D eigenvalue weighted by Crippen LogP contribution is 2.21. The summed E-state index contributed by atoms with van der Waals surface area (Å²) in [5.41, 5.74) is 1.33. The summed E-state index contributed by atoms with van der Waals surface area (Å²) in [6.07, 6.45) is 3.27. The van der Waals surface area contributed by atoms with Gasteiger partial charge in [0.15, 0.2) is 0 Å². The van der Waals surface area contributed by atoms with Gasteiger partial charge in [-0.05, 0) is 24.3 Å². The number of hydrogen-bond acceptors (Lipinski definition) is 2. The molecular formula is C10H7NO. The van der Waals surface area contributed by atoms with Gasteiger partial charge in [0.25, 0.3) is 0 Å². The zero-order chi connectivity index (χ0) is 8.39. The number of hydrogen-bond donors (Lipinski definition) is 0. The summed E-state index contributed by atoms with van der Waals surface area (Å²) < 4.78 is 5.18. The summed E-state index contributed by atoms with van der Waals surface area (Å²) >= 11 is 0. The van der Waals surface area contributed by atoms with E-state index in [0.717, 1.165) is 11.3 Å². The second-order valence-corrected chi connectivity index (χ2v) is 2.41. The van der Waals surface area contributed by atoms with Crippen LogP contribution in [0.2, 0.25) is 0 Å². The lowest BCUT2D eigenvalue weighted by Gasteiger charge is -1.98. The largest absolute Gasteiger partial charge is 0.464 e. The second-order valence-electron chi connectivity index (χ2n) is 2.41. The molecule has 2 radical (unpaired) electrons. The molecule has 0 atom stereocenters. The number of furan rings is 1. The van der Waals surface area contributed by atoms with Gasteiger partial charge < -0.3 is 4.42 Å². The molecule has 12 heavy (non-hydrogen) atoms. The molecule has 0 aliphatic heterocycles. The quantitative estimate of drug-likeness (QED) is 0.635. The second kappa shape index (κ2) is 2.81. The molecular weight excluding hydrogens is 150 g/mol. The Labute approximate surface area is 70.9 Å². The molecule has 0 aliphatic carbocycles. The molecule has 2 aromatic heterocycles.